The third kappa shape index (κ3) is 8.46. The van der Waals surface area contributed by atoms with Gasteiger partial charge in [0.25, 0.3) is 0 Å². The topological polar surface area (TPSA) is 74.8 Å². The van der Waals surface area contributed by atoms with E-state index in [1.165, 1.54) is 56.9 Å². The predicted molar refractivity (Wildman–Crippen MR) is 116 cm³/mol. The lowest BCUT2D eigenvalue weighted by Crippen LogP contribution is -2.59. The first-order valence-corrected chi connectivity index (χ1v) is 10.6. The standard InChI is InChI=1S/C22H37N5/c1-3-4-5-6-7-8-9-10-14-17-22(2)26-20(23)25-21(27-22)24-18-19-15-12-11-13-16-19/h11-13,15-16H,3-10,14,17-18H2,1-2H3,(H4,23,24,25,26,27). The molecule has 0 bridgehead atoms. The molecule has 0 radical (unpaired) electrons. The molecule has 1 unspecified atom stereocenters. The van der Waals surface area contributed by atoms with Crippen molar-refractivity contribution in [3.63, 3.8) is 0 Å². The van der Waals surface area contributed by atoms with Crippen LogP contribution < -0.4 is 16.4 Å². The van der Waals surface area contributed by atoms with Crippen LogP contribution in [-0.4, -0.2) is 17.6 Å². The highest BCUT2D eigenvalue weighted by molar-refractivity contribution is 6.00. The monoisotopic (exact) mass is 371 g/mol. The number of rotatable bonds is 12. The largest absolute Gasteiger partial charge is 0.370 e. The molecule has 1 aromatic rings. The molecule has 0 aliphatic carbocycles. The first kappa shape index (κ1) is 21.3. The van der Waals surface area contributed by atoms with Gasteiger partial charge in [-0.1, -0.05) is 88.6 Å². The number of guanidine groups is 2. The summed E-state index contributed by atoms with van der Waals surface area (Å²) in [5.74, 6) is 1.16. The van der Waals surface area contributed by atoms with Gasteiger partial charge in [-0.05, 0) is 25.3 Å². The van der Waals surface area contributed by atoms with Crippen molar-refractivity contribution in [3.8, 4) is 0 Å². The van der Waals surface area contributed by atoms with Gasteiger partial charge in [-0.2, -0.15) is 0 Å². The van der Waals surface area contributed by atoms with E-state index < -0.39 is 0 Å². The smallest absolute Gasteiger partial charge is 0.200 e. The summed E-state index contributed by atoms with van der Waals surface area (Å²) in [6.07, 6.45) is 12.9. The van der Waals surface area contributed by atoms with Gasteiger partial charge in [0.1, 0.15) is 5.66 Å². The molecule has 0 saturated heterocycles. The van der Waals surface area contributed by atoms with Gasteiger partial charge in [0, 0.05) is 0 Å². The highest BCUT2D eigenvalue weighted by atomic mass is 15.4. The molecule has 1 heterocycles. The Morgan fingerprint density at radius 1 is 0.963 bits per heavy atom. The summed E-state index contributed by atoms with van der Waals surface area (Å²) in [6.45, 7) is 4.99. The summed E-state index contributed by atoms with van der Waals surface area (Å²) >= 11 is 0. The highest BCUT2D eigenvalue weighted by Gasteiger charge is 2.28. The van der Waals surface area contributed by atoms with E-state index in [-0.39, 0.29) is 5.66 Å². The molecule has 27 heavy (non-hydrogen) atoms. The fourth-order valence-electron chi connectivity index (χ4n) is 3.46. The molecule has 0 spiro atoms. The average Bonchev–Trinajstić information content (AvgIpc) is 2.65. The Morgan fingerprint density at radius 3 is 2.26 bits per heavy atom. The van der Waals surface area contributed by atoms with Gasteiger partial charge in [0.2, 0.25) is 0 Å². The van der Waals surface area contributed by atoms with Gasteiger partial charge < -0.3 is 11.1 Å². The number of aliphatic imine (C=N–C) groups is 2. The fourth-order valence-corrected chi connectivity index (χ4v) is 3.46. The average molecular weight is 372 g/mol. The van der Waals surface area contributed by atoms with Gasteiger partial charge in [-0.15, -0.1) is 0 Å². The second kappa shape index (κ2) is 11.6. The summed E-state index contributed by atoms with van der Waals surface area (Å²) in [6, 6.07) is 10.2. The minimum atomic E-state index is -0.369. The van der Waals surface area contributed by atoms with E-state index in [4.69, 9.17) is 5.73 Å². The Kier molecular flexibility index (Phi) is 9.16. The van der Waals surface area contributed by atoms with Gasteiger partial charge in [-0.25, -0.2) is 9.98 Å². The number of hydrogen-bond acceptors (Lipinski definition) is 3. The first-order valence-electron chi connectivity index (χ1n) is 10.6. The molecule has 1 atom stereocenters. The minimum absolute atomic E-state index is 0.369. The number of benzene rings is 1. The summed E-state index contributed by atoms with van der Waals surface area (Å²) in [7, 11) is 0. The van der Waals surface area contributed by atoms with E-state index in [0.29, 0.717) is 18.5 Å². The van der Waals surface area contributed by atoms with Crippen LogP contribution in [-0.2, 0) is 6.54 Å². The Hall–Kier alpha value is -2.04. The molecular weight excluding hydrogens is 334 g/mol. The zero-order valence-corrected chi connectivity index (χ0v) is 17.1. The summed E-state index contributed by atoms with van der Waals surface area (Å²) in [4.78, 5) is 9.20. The number of nitrogens with zero attached hydrogens (tertiary/aromatic N) is 2. The van der Waals surface area contributed by atoms with Crippen molar-refractivity contribution in [3.05, 3.63) is 35.9 Å². The lowest BCUT2D eigenvalue weighted by molar-refractivity contribution is 0.371. The maximum Gasteiger partial charge on any atom is 0.200 e. The van der Waals surface area contributed by atoms with Gasteiger partial charge in [0.15, 0.2) is 11.9 Å². The van der Waals surface area contributed by atoms with Gasteiger partial charge in [0.05, 0.1) is 6.54 Å². The van der Waals surface area contributed by atoms with Crippen LogP contribution in [0, 0.1) is 0 Å². The maximum absolute atomic E-state index is 6.00. The second-order valence-corrected chi connectivity index (χ2v) is 7.75. The molecule has 150 valence electrons. The van der Waals surface area contributed by atoms with E-state index in [9.17, 15) is 0 Å². The minimum Gasteiger partial charge on any atom is -0.370 e. The maximum atomic E-state index is 6.00. The molecule has 1 aliphatic heterocycles. The highest BCUT2D eigenvalue weighted by Crippen LogP contribution is 2.19. The summed E-state index contributed by atoms with van der Waals surface area (Å²) < 4.78 is 0. The first-order chi connectivity index (χ1) is 13.1. The van der Waals surface area contributed by atoms with Crippen LogP contribution in [0.2, 0.25) is 0 Å². The van der Waals surface area contributed by atoms with Crippen LogP contribution in [0.1, 0.15) is 83.6 Å². The van der Waals surface area contributed by atoms with Crippen LogP contribution in [0.3, 0.4) is 0 Å². The van der Waals surface area contributed by atoms with Crippen LogP contribution in [0.5, 0.6) is 0 Å². The van der Waals surface area contributed by atoms with Crippen molar-refractivity contribution in [2.75, 3.05) is 0 Å². The molecule has 2 rings (SSSR count). The molecule has 0 fully saturated rings. The lowest BCUT2D eigenvalue weighted by atomic mass is 10.0. The van der Waals surface area contributed by atoms with E-state index in [0.717, 1.165) is 12.8 Å². The predicted octanol–water partition coefficient (Wildman–Crippen LogP) is 4.69. The zero-order valence-electron chi connectivity index (χ0n) is 17.1. The van der Waals surface area contributed by atoms with Crippen molar-refractivity contribution in [1.82, 2.24) is 10.6 Å². The van der Waals surface area contributed by atoms with Crippen molar-refractivity contribution in [2.45, 2.75) is 90.3 Å². The number of unbranched alkanes of at least 4 members (excludes halogenated alkanes) is 8. The molecule has 0 amide bonds. The normalized spacial score (nSPS) is 20.8. The van der Waals surface area contributed by atoms with E-state index >= 15 is 0 Å². The zero-order chi connectivity index (χ0) is 19.4. The Balaban J connectivity index is 1.71. The van der Waals surface area contributed by atoms with Crippen molar-refractivity contribution in [1.29, 1.82) is 0 Å². The van der Waals surface area contributed by atoms with E-state index in [1.807, 2.05) is 18.2 Å². The molecule has 4 N–H and O–H groups in total. The Morgan fingerprint density at radius 2 is 1.59 bits per heavy atom. The summed E-state index contributed by atoms with van der Waals surface area (Å²) in [5.41, 5.74) is 6.80. The van der Waals surface area contributed by atoms with Crippen LogP contribution in [0.15, 0.2) is 40.3 Å². The van der Waals surface area contributed by atoms with Crippen molar-refractivity contribution in [2.24, 2.45) is 15.7 Å². The number of hydrogen-bond donors (Lipinski definition) is 3. The molecule has 1 aliphatic rings. The summed E-state index contributed by atoms with van der Waals surface area (Å²) in [5, 5.41) is 6.47. The molecule has 5 heteroatoms. The fraction of sp³-hybridized carbons (Fsp3) is 0.636. The molecule has 1 aromatic carbocycles. The Labute approximate surface area is 164 Å². The third-order valence-electron chi connectivity index (χ3n) is 5.03. The third-order valence-corrected chi connectivity index (χ3v) is 5.03. The number of nitrogens with two attached hydrogens (primary N) is 1. The van der Waals surface area contributed by atoms with E-state index in [1.54, 1.807) is 0 Å². The molecule has 5 nitrogen and oxygen atoms in total. The van der Waals surface area contributed by atoms with Crippen molar-refractivity contribution >= 4 is 11.9 Å². The van der Waals surface area contributed by atoms with Crippen molar-refractivity contribution < 1.29 is 0 Å². The van der Waals surface area contributed by atoms with Gasteiger partial charge in [-0.3, -0.25) is 5.32 Å². The van der Waals surface area contributed by atoms with E-state index in [2.05, 4.69) is 46.6 Å². The lowest BCUT2D eigenvalue weighted by Gasteiger charge is -2.33. The second-order valence-electron chi connectivity index (χ2n) is 7.75. The molecule has 0 aromatic heterocycles. The van der Waals surface area contributed by atoms with Crippen LogP contribution in [0.25, 0.3) is 0 Å². The molecular formula is C22H37N5. The Bertz CT molecular complexity index is 596. The van der Waals surface area contributed by atoms with Crippen LogP contribution >= 0.6 is 0 Å². The van der Waals surface area contributed by atoms with Gasteiger partial charge >= 0.3 is 0 Å². The quantitative estimate of drug-likeness (QED) is 0.467. The number of nitrogens with one attached hydrogen (secondary N) is 2. The molecule has 0 saturated carbocycles. The SMILES string of the molecule is CCCCCCCCCCCC1(C)N=C(N)NC(=NCc2ccccc2)N1. The van der Waals surface area contributed by atoms with Crippen LogP contribution in [0.4, 0.5) is 0 Å².